The summed E-state index contributed by atoms with van der Waals surface area (Å²) in [6, 6.07) is 0. The molecular formula is C23H40NO4P. The second-order valence-corrected chi connectivity index (χ2v) is 11.9. The summed E-state index contributed by atoms with van der Waals surface area (Å²) in [6.45, 7) is 3.45. The summed E-state index contributed by atoms with van der Waals surface area (Å²) < 4.78 is 23.1. The lowest BCUT2D eigenvalue weighted by molar-refractivity contribution is -0.914. The van der Waals surface area contributed by atoms with Gasteiger partial charge in [0.25, 0.3) is 7.82 Å². The van der Waals surface area contributed by atoms with Gasteiger partial charge < -0.3 is 18.4 Å². The van der Waals surface area contributed by atoms with Gasteiger partial charge in [0.1, 0.15) is 13.2 Å². The normalized spacial score (nSPS) is 34.9. The highest BCUT2D eigenvalue weighted by Gasteiger charge is 2.44. The first kappa shape index (κ1) is 22.0. The van der Waals surface area contributed by atoms with Gasteiger partial charge in [-0.2, -0.15) is 0 Å². The van der Waals surface area contributed by atoms with E-state index in [4.69, 9.17) is 9.05 Å². The third-order valence-corrected chi connectivity index (χ3v) is 9.08. The molecule has 0 N–H and O–H groups in total. The van der Waals surface area contributed by atoms with E-state index in [-0.39, 0.29) is 13.2 Å². The van der Waals surface area contributed by atoms with Gasteiger partial charge >= 0.3 is 0 Å². The van der Waals surface area contributed by atoms with Gasteiger partial charge in [-0.15, -0.1) is 0 Å². The average molecular weight is 426 g/mol. The number of nitrogens with zero attached hydrogens (tertiary/aromatic N) is 1. The van der Waals surface area contributed by atoms with Crippen molar-refractivity contribution in [1.29, 1.82) is 0 Å². The Morgan fingerprint density at radius 1 is 0.966 bits per heavy atom. The van der Waals surface area contributed by atoms with Crippen LogP contribution in [0.25, 0.3) is 0 Å². The van der Waals surface area contributed by atoms with E-state index >= 15 is 0 Å². The molecule has 4 aliphatic carbocycles. The number of phosphoric ester groups is 1. The van der Waals surface area contributed by atoms with Crippen LogP contribution in [0.5, 0.6) is 0 Å². The zero-order chi connectivity index (χ0) is 20.3. The number of likely N-dealkylation sites (N-methyl/N-ethyl adjacent to an activating group) is 1. The predicted molar refractivity (Wildman–Crippen MR) is 113 cm³/mol. The van der Waals surface area contributed by atoms with Gasteiger partial charge in [-0.25, -0.2) is 0 Å². The molecule has 0 spiro atoms. The highest BCUT2D eigenvalue weighted by molar-refractivity contribution is 7.45. The Balaban J connectivity index is 1.09. The fourth-order valence-corrected chi connectivity index (χ4v) is 7.40. The Kier molecular flexibility index (Phi) is 7.23. The largest absolute Gasteiger partial charge is 0.756 e. The van der Waals surface area contributed by atoms with Crippen LogP contribution in [0.1, 0.15) is 70.6 Å². The summed E-state index contributed by atoms with van der Waals surface area (Å²) in [5, 5.41) is 0. The van der Waals surface area contributed by atoms with Crippen molar-refractivity contribution in [2.45, 2.75) is 70.6 Å². The molecular weight excluding hydrogens is 385 g/mol. The van der Waals surface area contributed by atoms with Crippen LogP contribution in [-0.2, 0) is 13.6 Å². The number of allylic oxidation sites excluding steroid dienone is 2. The quantitative estimate of drug-likeness (QED) is 0.221. The van der Waals surface area contributed by atoms with Crippen LogP contribution < -0.4 is 4.89 Å². The number of likely N-dealkylation sites (tertiary alicyclic amines) is 1. The molecule has 0 radical (unpaired) electrons. The molecule has 1 unspecified atom stereocenters. The van der Waals surface area contributed by atoms with Crippen molar-refractivity contribution >= 4 is 7.82 Å². The molecule has 166 valence electrons. The Morgan fingerprint density at radius 2 is 1.59 bits per heavy atom. The van der Waals surface area contributed by atoms with E-state index in [1.54, 1.807) is 5.57 Å². The van der Waals surface area contributed by atoms with Crippen LogP contribution in [-0.4, -0.2) is 44.4 Å². The van der Waals surface area contributed by atoms with Crippen molar-refractivity contribution in [3.05, 3.63) is 11.6 Å². The molecule has 0 aromatic carbocycles. The van der Waals surface area contributed by atoms with Gasteiger partial charge in [0.2, 0.25) is 0 Å². The molecule has 0 amide bonds. The van der Waals surface area contributed by atoms with E-state index in [1.165, 1.54) is 51.4 Å². The number of piperidine rings is 1. The third kappa shape index (κ3) is 5.95. The lowest BCUT2D eigenvalue weighted by Crippen LogP contribution is -2.49. The number of phosphoric acid groups is 1. The van der Waals surface area contributed by atoms with Crippen molar-refractivity contribution in [3.8, 4) is 0 Å². The van der Waals surface area contributed by atoms with Gasteiger partial charge in [-0.05, 0) is 94.3 Å². The Labute approximate surface area is 177 Å². The van der Waals surface area contributed by atoms with E-state index in [2.05, 4.69) is 13.1 Å². The van der Waals surface area contributed by atoms with Gasteiger partial charge in [-0.1, -0.05) is 11.6 Å². The van der Waals surface area contributed by atoms with Crippen molar-refractivity contribution < 1.29 is 23.0 Å². The van der Waals surface area contributed by atoms with Crippen LogP contribution in [0, 0.1) is 23.7 Å². The van der Waals surface area contributed by atoms with E-state index < -0.39 is 7.82 Å². The molecule has 1 aliphatic heterocycles. The molecule has 5 fully saturated rings. The highest BCUT2D eigenvalue weighted by atomic mass is 31.2. The maximum atomic E-state index is 12.0. The standard InChI is InChI=1S/C23H40NO4P/c1-24(9-5-3-6-10-24)11-13-28-29(25,26)27-12-7-2-4-8-23-21-15-19-14-20(17-21)18-22(23)16-19/h8,19-22H,2-7,9-18H2,1H3. The third-order valence-electron chi connectivity index (χ3n) is 8.09. The second-order valence-electron chi connectivity index (χ2n) is 10.5. The van der Waals surface area contributed by atoms with Crippen LogP contribution in [0.4, 0.5) is 0 Å². The summed E-state index contributed by atoms with van der Waals surface area (Å²) in [5.74, 6) is 3.74. The first-order valence-corrected chi connectivity index (χ1v) is 13.5. The lowest BCUT2D eigenvalue weighted by atomic mass is 9.54. The fraction of sp³-hybridized carbons (Fsp3) is 0.913. The molecule has 4 saturated carbocycles. The second kappa shape index (κ2) is 9.53. The predicted octanol–water partition coefficient (Wildman–Crippen LogP) is 4.67. The van der Waals surface area contributed by atoms with Crippen LogP contribution in [0.15, 0.2) is 11.6 Å². The van der Waals surface area contributed by atoms with E-state index in [0.717, 1.165) is 67.1 Å². The van der Waals surface area contributed by atoms with Crippen LogP contribution in [0.3, 0.4) is 0 Å². The van der Waals surface area contributed by atoms with Crippen molar-refractivity contribution in [1.82, 2.24) is 0 Å². The first-order valence-electron chi connectivity index (χ1n) is 12.1. The summed E-state index contributed by atoms with van der Waals surface area (Å²) in [7, 11) is -1.97. The van der Waals surface area contributed by atoms with Crippen molar-refractivity contribution in [2.75, 3.05) is 39.9 Å². The Bertz CT molecular complexity index is 598. The Morgan fingerprint density at radius 3 is 2.24 bits per heavy atom. The number of hydrogen-bond acceptors (Lipinski definition) is 4. The van der Waals surface area contributed by atoms with E-state index in [0.29, 0.717) is 0 Å². The monoisotopic (exact) mass is 425 g/mol. The highest BCUT2D eigenvalue weighted by Crippen LogP contribution is 2.56. The molecule has 29 heavy (non-hydrogen) atoms. The average Bonchev–Trinajstić information content (AvgIpc) is 2.66. The molecule has 5 rings (SSSR count). The minimum atomic E-state index is -4.16. The molecule has 4 bridgehead atoms. The molecule has 5 nitrogen and oxygen atoms in total. The topological polar surface area (TPSA) is 58.6 Å². The fourth-order valence-electron chi connectivity index (χ4n) is 6.66. The summed E-state index contributed by atoms with van der Waals surface area (Å²) in [4.78, 5) is 12.0. The van der Waals surface area contributed by atoms with Gasteiger partial charge in [-0.3, -0.25) is 4.57 Å². The number of unbranched alkanes of at least 4 members (excludes halogenated alkanes) is 2. The van der Waals surface area contributed by atoms with Gasteiger partial charge in [0.05, 0.1) is 26.7 Å². The summed E-state index contributed by atoms with van der Waals surface area (Å²) in [5.41, 5.74) is 1.74. The minimum absolute atomic E-state index is 0.230. The van der Waals surface area contributed by atoms with E-state index in [1.807, 2.05) is 0 Å². The van der Waals surface area contributed by atoms with Crippen LogP contribution in [0.2, 0.25) is 0 Å². The molecule has 5 aliphatic rings. The number of rotatable bonds is 10. The minimum Gasteiger partial charge on any atom is -0.756 e. The summed E-state index contributed by atoms with van der Waals surface area (Å²) >= 11 is 0. The molecule has 0 aromatic rings. The van der Waals surface area contributed by atoms with Gasteiger partial charge in [0.15, 0.2) is 0 Å². The molecule has 1 saturated heterocycles. The van der Waals surface area contributed by atoms with Crippen LogP contribution >= 0.6 is 7.82 Å². The molecule has 0 aromatic heterocycles. The molecule has 6 heteroatoms. The summed E-state index contributed by atoms with van der Waals surface area (Å²) in [6.07, 6.45) is 16.2. The lowest BCUT2D eigenvalue weighted by Gasteiger charge is -2.51. The van der Waals surface area contributed by atoms with Crippen molar-refractivity contribution in [2.24, 2.45) is 23.7 Å². The zero-order valence-corrected chi connectivity index (χ0v) is 19.1. The molecule has 1 atom stereocenters. The smallest absolute Gasteiger partial charge is 0.268 e. The number of quaternary nitrogens is 1. The maximum Gasteiger partial charge on any atom is 0.268 e. The maximum absolute atomic E-state index is 12.0. The Hall–Kier alpha value is -0.190. The van der Waals surface area contributed by atoms with Crippen molar-refractivity contribution in [3.63, 3.8) is 0 Å². The zero-order valence-electron chi connectivity index (χ0n) is 18.2. The first-order chi connectivity index (χ1) is 13.9. The SMILES string of the molecule is C[N+]1(CCOP(=O)([O-])OCCCCC=C2C3CC4CC(C3)CC2C4)CCCCC1. The van der Waals surface area contributed by atoms with E-state index in [9.17, 15) is 9.46 Å². The molecule has 1 heterocycles. The van der Waals surface area contributed by atoms with Gasteiger partial charge in [0, 0.05) is 0 Å². The number of hydrogen-bond donors (Lipinski definition) is 0.